The van der Waals surface area contributed by atoms with E-state index in [1.165, 1.54) is 0 Å². The van der Waals surface area contributed by atoms with Crippen LogP contribution in [-0.4, -0.2) is 11.9 Å². The fourth-order valence-electron chi connectivity index (χ4n) is 1.95. The topological polar surface area (TPSA) is 52.6 Å². The summed E-state index contributed by atoms with van der Waals surface area (Å²) in [5, 5.41) is 0. The third kappa shape index (κ3) is 3.34. The predicted molar refractivity (Wildman–Crippen MR) is 83.1 cm³/mol. The number of rotatable bonds is 2. The predicted octanol–water partition coefficient (Wildman–Crippen LogP) is 3.43. The maximum absolute atomic E-state index is 11.9. The lowest BCUT2D eigenvalue weighted by molar-refractivity contribution is -0.156. The lowest BCUT2D eigenvalue weighted by atomic mass is 10.1. The van der Waals surface area contributed by atoms with Crippen molar-refractivity contribution in [1.29, 1.82) is 0 Å². The van der Waals surface area contributed by atoms with E-state index in [9.17, 15) is 9.59 Å². The molecule has 0 atom stereocenters. The molecule has 4 nitrogen and oxygen atoms in total. The maximum Gasteiger partial charge on any atom is 0.423 e. The van der Waals surface area contributed by atoms with Crippen LogP contribution in [0.4, 0.5) is 0 Å². The van der Waals surface area contributed by atoms with Crippen molar-refractivity contribution in [2.75, 3.05) is 0 Å². The van der Waals surface area contributed by atoms with Crippen LogP contribution < -0.4 is 9.47 Å². The number of benzene rings is 2. The molecule has 2 aromatic rings. The van der Waals surface area contributed by atoms with Crippen molar-refractivity contribution in [2.24, 2.45) is 0 Å². The Balaban J connectivity index is 2.11. The first-order valence-electron chi connectivity index (χ1n) is 6.96. The second-order valence-corrected chi connectivity index (χ2v) is 5.18. The van der Waals surface area contributed by atoms with Gasteiger partial charge in [0, 0.05) is 0 Å². The summed E-state index contributed by atoms with van der Waals surface area (Å²) in [5.41, 5.74) is 3.59. The van der Waals surface area contributed by atoms with Crippen LogP contribution in [0.5, 0.6) is 11.5 Å². The van der Waals surface area contributed by atoms with Gasteiger partial charge in [0.05, 0.1) is 0 Å². The summed E-state index contributed by atoms with van der Waals surface area (Å²) in [6.07, 6.45) is 0. The second-order valence-electron chi connectivity index (χ2n) is 5.18. The molecule has 22 heavy (non-hydrogen) atoms. The average Bonchev–Trinajstić information content (AvgIpc) is 2.48. The molecule has 0 amide bonds. The zero-order chi connectivity index (χ0) is 16.3. The average molecular weight is 298 g/mol. The van der Waals surface area contributed by atoms with Crippen LogP contribution in [0.1, 0.15) is 22.3 Å². The minimum Gasteiger partial charge on any atom is -0.418 e. The van der Waals surface area contributed by atoms with Crippen molar-refractivity contribution in [3.05, 3.63) is 58.7 Å². The third-order valence-electron chi connectivity index (χ3n) is 3.68. The summed E-state index contributed by atoms with van der Waals surface area (Å²) in [7, 11) is 0. The fourth-order valence-corrected chi connectivity index (χ4v) is 1.95. The summed E-state index contributed by atoms with van der Waals surface area (Å²) in [5.74, 6) is -1.34. The van der Waals surface area contributed by atoms with Gasteiger partial charge < -0.3 is 9.47 Å². The van der Waals surface area contributed by atoms with Crippen LogP contribution in [0.2, 0.25) is 0 Å². The van der Waals surface area contributed by atoms with Gasteiger partial charge in [-0.2, -0.15) is 0 Å². The molecule has 0 saturated carbocycles. The first kappa shape index (κ1) is 15.8. The molecule has 0 spiro atoms. The highest BCUT2D eigenvalue weighted by Crippen LogP contribution is 2.22. The van der Waals surface area contributed by atoms with E-state index in [1.807, 2.05) is 39.8 Å². The van der Waals surface area contributed by atoms with E-state index >= 15 is 0 Å². The van der Waals surface area contributed by atoms with Crippen molar-refractivity contribution < 1.29 is 19.1 Å². The molecule has 0 fully saturated rings. The van der Waals surface area contributed by atoms with Crippen LogP contribution >= 0.6 is 0 Å². The van der Waals surface area contributed by atoms with Gasteiger partial charge in [-0.15, -0.1) is 0 Å². The molecule has 4 heteroatoms. The van der Waals surface area contributed by atoms with E-state index in [2.05, 4.69) is 0 Å². The van der Waals surface area contributed by atoms with Crippen LogP contribution in [0, 0.1) is 27.7 Å². The minimum absolute atomic E-state index is 0.364. The van der Waals surface area contributed by atoms with Gasteiger partial charge in [-0.25, -0.2) is 9.59 Å². The van der Waals surface area contributed by atoms with Crippen molar-refractivity contribution in [2.45, 2.75) is 27.7 Å². The third-order valence-corrected chi connectivity index (χ3v) is 3.68. The number of hydrogen-bond acceptors (Lipinski definition) is 4. The number of esters is 2. The Kier molecular flexibility index (Phi) is 4.61. The minimum atomic E-state index is -1.03. The number of carbonyl (C=O) groups excluding carboxylic acids is 2. The number of carbonyl (C=O) groups is 2. The van der Waals surface area contributed by atoms with Gasteiger partial charge in [0.1, 0.15) is 11.5 Å². The lowest BCUT2D eigenvalue weighted by Crippen LogP contribution is -2.26. The first-order valence-corrected chi connectivity index (χ1v) is 6.96. The summed E-state index contributed by atoms with van der Waals surface area (Å²) < 4.78 is 10.2. The summed E-state index contributed by atoms with van der Waals surface area (Å²) in [6, 6.07) is 10.6. The Morgan fingerprint density at radius 2 is 1.05 bits per heavy atom. The van der Waals surface area contributed by atoms with Crippen molar-refractivity contribution >= 4 is 11.9 Å². The maximum atomic E-state index is 11.9. The van der Waals surface area contributed by atoms with Gasteiger partial charge in [0.25, 0.3) is 0 Å². The van der Waals surface area contributed by atoms with E-state index in [-0.39, 0.29) is 0 Å². The molecule has 0 saturated heterocycles. The standard InChI is InChI=1S/C18H18O4/c1-11-7-5-9-15(13(11)3)21-17(19)18(20)22-16-10-6-8-12(2)14(16)4/h5-10H,1-4H3. The molecular formula is C18H18O4. The molecule has 0 unspecified atom stereocenters. The fraction of sp³-hybridized carbons (Fsp3) is 0.222. The molecule has 0 aliphatic carbocycles. The molecule has 0 heterocycles. The van der Waals surface area contributed by atoms with Gasteiger partial charge in [0.2, 0.25) is 0 Å². The molecular weight excluding hydrogens is 280 g/mol. The van der Waals surface area contributed by atoms with Gasteiger partial charge in [0.15, 0.2) is 0 Å². The van der Waals surface area contributed by atoms with Gasteiger partial charge in [-0.05, 0) is 62.1 Å². The van der Waals surface area contributed by atoms with E-state index < -0.39 is 11.9 Å². The highest BCUT2D eigenvalue weighted by atomic mass is 16.6. The molecule has 0 N–H and O–H groups in total. The van der Waals surface area contributed by atoms with Gasteiger partial charge in [-0.1, -0.05) is 24.3 Å². The SMILES string of the molecule is Cc1cccc(OC(=O)C(=O)Oc2cccc(C)c2C)c1C. The summed E-state index contributed by atoms with van der Waals surface area (Å²) in [4.78, 5) is 23.8. The molecule has 0 aromatic heterocycles. The Morgan fingerprint density at radius 1 is 0.682 bits per heavy atom. The highest BCUT2D eigenvalue weighted by molar-refractivity contribution is 6.31. The van der Waals surface area contributed by atoms with Crippen LogP contribution in [0.3, 0.4) is 0 Å². The molecule has 0 aliphatic heterocycles. The number of ether oxygens (including phenoxy) is 2. The Hall–Kier alpha value is -2.62. The Labute approximate surface area is 129 Å². The quantitative estimate of drug-likeness (QED) is 0.484. The summed E-state index contributed by atoms with van der Waals surface area (Å²) >= 11 is 0. The molecule has 114 valence electrons. The van der Waals surface area contributed by atoms with Gasteiger partial charge in [-0.3, -0.25) is 0 Å². The number of aryl methyl sites for hydroxylation is 2. The zero-order valence-electron chi connectivity index (χ0n) is 13.1. The molecule has 2 rings (SSSR count). The van der Waals surface area contributed by atoms with Crippen LogP contribution in [-0.2, 0) is 9.59 Å². The highest BCUT2D eigenvalue weighted by Gasteiger charge is 2.21. The molecule has 0 radical (unpaired) electrons. The van der Waals surface area contributed by atoms with Crippen LogP contribution in [0.15, 0.2) is 36.4 Å². The van der Waals surface area contributed by atoms with E-state index in [1.54, 1.807) is 24.3 Å². The van der Waals surface area contributed by atoms with Crippen molar-refractivity contribution in [3.63, 3.8) is 0 Å². The second kappa shape index (κ2) is 6.43. The number of hydrogen-bond donors (Lipinski definition) is 0. The normalized spacial score (nSPS) is 10.2. The molecule has 0 bridgehead atoms. The first-order chi connectivity index (χ1) is 10.4. The monoisotopic (exact) mass is 298 g/mol. The van der Waals surface area contributed by atoms with Crippen LogP contribution in [0.25, 0.3) is 0 Å². The van der Waals surface area contributed by atoms with E-state index in [0.29, 0.717) is 11.5 Å². The molecule has 0 aliphatic rings. The van der Waals surface area contributed by atoms with E-state index in [4.69, 9.17) is 9.47 Å². The Bertz CT molecular complexity index is 668. The largest absolute Gasteiger partial charge is 0.423 e. The lowest BCUT2D eigenvalue weighted by Gasteiger charge is -2.10. The molecule has 2 aromatic carbocycles. The zero-order valence-corrected chi connectivity index (χ0v) is 13.1. The smallest absolute Gasteiger partial charge is 0.418 e. The van der Waals surface area contributed by atoms with Crippen molar-refractivity contribution in [1.82, 2.24) is 0 Å². The summed E-state index contributed by atoms with van der Waals surface area (Å²) in [6.45, 7) is 7.46. The van der Waals surface area contributed by atoms with Crippen molar-refractivity contribution in [3.8, 4) is 11.5 Å². The Morgan fingerprint density at radius 3 is 1.41 bits per heavy atom. The van der Waals surface area contributed by atoms with Gasteiger partial charge >= 0.3 is 11.9 Å². The van der Waals surface area contributed by atoms with E-state index in [0.717, 1.165) is 22.3 Å².